The van der Waals surface area contributed by atoms with Crippen molar-refractivity contribution in [3.8, 4) is 0 Å². The molecule has 1 saturated carbocycles. The van der Waals surface area contributed by atoms with Crippen LogP contribution < -0.4 is 0 Å². The maximum atomic E-state index is 13.4. The normalized spacial score (nSPS) is 30.2. The molecule has 2 fully saturated rings. The van der Waals surface area contributed by atoms with Gasteiger partial charge in [0.1, 0.15) is 10.9 Å². The molecule has 2 aliphatic rings. The summed E-state index contributed by atoms with van der Waals surface area (Å²) < 4.78 is 42.9. The highest BCUT2D eigenvalue weighted by Crippen LogP contribution is 2.58. The highest BCUT2D eigenvalue weighted by atomic mass is 32.2. The Hall–Kier alpha value is -1.73. The molecule has 5 nitrogen and oxygen atoms in total. The minimum absolute atomic E-state index is 0.305. The van der Waals surface area contributed by atoms with Gasteiger partial charge < -0.3 is 14.2 Å². The lowest BCUT2D eigenvalue weighted by Gasteiger charge is -2.26. The van der Waals surface area contributed by atoms with Gasteiger partial charge in [0.15, 0.2) is 16.1 Å². The van der Waals surface area contributed by atoms with Crippen LogP contribution >= 0.6 is 0 Å². The van der Waals surface area contributed by atoms with Crippen molar-refractivity contribution in [2.24, 2.45) is 0 Å². The minimum atomic E-state index is -3.61. The molecular weight excluding hydrogens is 352 g/mol. The van der Waals surface area contributed by atoms with Gasteiger partial charge in [-0.25, -0.2) is 8.42 Å². The zero-order chi connectivity index (χ0) is 18.4. The van der Waals surface area contributed by atoms with Crippen molar-refractivity contribution in [3.05, 3.63) is 65.7 Å². The minimum Gasteiger partial charge on any atom is -0.366 e. The molecule has 0 spiro atoms. The number of hydrogen-bond donors (Lipinski definition) is 0. The standard InChI is InChI=1S/C20H22O5S/c1-14-8-10-16(11-9-14)26(21,22)20-12-17(20)25-19(23-2)18(20)24-13-15-6-4-3-5-7-15/h3-11,17-19H,12-13H2,1-2H3/t17-,18-,19+,20-/m1/s1. The third kappa shape index (κ3) is 2.68. The van der Waals surface area contributed by atoms with Crippen molar-refractivity contribution in [1.82, 2.24) is 0 Å². The molecular formula is C20H22O5S. The summed E-state index contributed by atoms with van der Waals surface area (Å²) >= 11 is 0. The molecule has 0 amide bonds. The summed E-state index contributed by atoms with van der Waals surface area (Å²) in [4.78, 5) is 0.305. The Labute approximate surface area is 153 Å². The lowest BCUT2D eigenvalue weighted by Crippen LogP contribution is -2.43. The van der Waals surface area contributed by atoms with E-state index in [0.29, 0.717) is 17.9 Å². The molecule has 2 aromatic rings. The van der Waals surface area contributed by atoms with Crippen molar-refractivity contribution < 1.29 is 22.6 Å². The molecule has 4 atom stereocenters. The van der Waals surface area contributed by atoms with Gasteiger partial charge in [0.25, 0.3) is 0 Å². The van der Waals surface area contributed by atoms with Gasteiger partial charge in [-0.05, 0) is 24.6 Å². The largest absolute Gasteiger partial charge is 0.366 e. The summed E-state index contributed by atoms with van der Waals surface area (Å²) in [5.74, 6) is 0. The van der Waals surface area contributed by atoms with E-state index in [-0.39, 0.29) is 6.10 Å². The number of methoxy groups -OCH3 is 1. The van der Waals surface area contributed by atoms with Crippen LogP contribution in [0.4, 0.5) is 0 Å². The lowest BCUT2D eigenvalue weighted by atomic mass is 10.2. The van der Waals surface area contributed by atoms with E-state index in [1.165, 1.54) is 7.11 Å². The van der Waals surface area contributed by atoms with Crippen molar-refractivity contribution >= 4 is 9.84 Å². The second-order valence-electron chi connectivity index (χ2n) is 6.92. The van der Waals surface area contributed by atoms with Gasteiger partial charge in [0, 0.05) is 13.5 Å². The second-order valence-corrected chi connectivity index (χ2v) is 9.16. The van der Waals surface area contributed by atoms with Gasteiger partial charge in [-0.1, -0.05) is 48.0 Å². The van der Waals surface area contributed by atoms with Gasteiger partial charge in [-0.2, -0.15) is 0 Å². The van der Waals surface area contributed by atoms with Crippen LogP contribution in [-0.2, 0) is 30.7 Å². The van der Waals surface area contributed by atoms with Crippen LogP contribution in [0.3, 0.4) is 0 Å². The van der Waals surface area contributed by atoms with Crippen LogP contribution in [0.1, 0.15) is 17.5 Å². The van der Waals surface area contributed by atoms with E-state index in [0.717, 1.165) is 11.1 Å². The van der Waals surface area contributed by atoms with Gasteiger partial charge in [-0.3, -0.25) is 0 Å². The van der Waals surface area contributed by atoms with Gasteiger partial charge in [0.05, 0.1) is 17.6 Å². The topological polar surface area (TPSA) is 61.8 Å². The maximum absolute atomic E-state index is 13.4. The Morgan fingerprint density at radius 2 is 1.81 bits per heavy atom. The Morgan fingerprint density at radius 1 is 1.12 bits per heavy atom. The predicted molar refractivity (Wildman–Crippen MR) is 96.4 cm³/mol. The molecule has 1 saturated heterocycles. The molecule has 0 radical (unpaired) electrons. The SMILES string of the molecule is CO[C@H]1O[C@@H]2C[C@]2(S(=O)(=O)c2ccc(C)cc2)[C@@H]1OCc1ccccc1. The van der Waals surface area contributed by atoms with Crippen LogP contribution in [0, 0.1) is 6.92 Å². The van der Waals surface area contributed by atoms with Crippen molar-refractivity contribution in [1.29, 1.82) is 0 Å². The predicted octanol–water partition coefficient (Wildman–Crippen LogP) is 2.87. The van der Waals surface area contributed by atoms with Crippen LogP contribution in [-0.4, -0.2) is 38.8 Å². The number of hydrogen-bond acceptors (Lipinski definition) is 5. The third-order valence-corrected chi connectivity index (χ3v) is 7.81. The summed E-state index contributed by atoms with van der Waals surface area (Å²) in [7, 11) is -2.09. The Balaban J connectivity index is 1.64. The summed E-state index contributed by atoms with van der Waals surface area (Å²) in [6.07, 6.45) is -1.30. The zero-order valence-corrected chi connectivity index (χ0v) is 15.6. The maximum Gasteiger partial charge on any atom is 0.189 e. The molecule has 2 aromatic carbocycles. The van der Waals surface area contributed by atoms with E-state index in [1.807, 2.05) is 49.4 Å². The number of fused-ring (bicyclic) bond motifs is 1. The Kier molecular flexibility index (Phi) is 4.39. The molecule has 138 valence electrons. The van der Waals surface area contributed by atoms with Gasteiger partial charge in [0.2, 0.25) is 0 Å². The molecule has 26 heavy (non-hydrogen) atoms. The lowest BCUT2D eigenvalue weighted by molar-refractivity contribution is -0.170. The molecule has 1 heterocycles. The summed E-state index contributed by atoms with van der Waals surface area (Å²) in [5, 5.41) is 0. The van der Waals surface area contributed by atoms with E-state index in [4.69, 9.17) is 14.2 Å². The third-order valence-electron chi connectivity index (χ3n) is 5.25. The molecule has 0 aromatic heterocycles. The van der Waals surface area contributed by atoms with Crippen molar-refractivity contribution in [2.45, 2.75) is 48.1 Å². The van der Waals surface area contributed by atoms with Crippen LogP contribution in [0.25, 0.3) is 0 Å². The number of ether oxygens (including phenoxy) is 3. The Morgan fingerprint density at radius 3 is 2.46 bits per heavy atom. The molecule has 4 rings (SSSR count). The first-order valence-electron chi connectivity index (χ1n) is 8.64. The first kappa shape index (κ1) is 17.7. The van der Waals surface area contributed by atoms with Crippen LogP contribution in [0.5, 0.6) is 0 Å². The first-order valence-corrected chi connectivity index (χ1v) is 10.1. The Bertz CT molecular complexity index is 878. The number of aryl methyl sites for hydroxylation is 1. The number of benzene rings is 2. The quantitative estimate of drug-likeness (QED) is 0.778. The fraction of sp³-hybridized carbons (Fsp3) is 0.400. The molecule has 1 aliphatic heterocycles. The average Bonchev–Trinajstić information content (AvgIpc) is 3.30. The smallest absolute Gasteiger partial charge is 0.189 e. The zero-order valence-electron chi connectivity index (χ0n) is 14.8. The highest BCUT2D eigenvalue weighted by molar-refractivity contribution is 7.93. The molecule has 0 N–H and O–H groups in total. The highest BCUT2D eigenvalue weighted by Gasteiger charge is 2.77. The second kappa shape index (κ2) is 6.46. The van der Waals surface area contributed by atoms with Crippen molar-refractivity contribution in [3.63, 3.8) is 0 Å². The molecule has 0 unspecified atom stereocenters. The fourth-order valence-electron chi connectivity index (χ4n) is 3.69. The summed E-state index contributed by atoms with van der Waals surface area (Å²) in [5.41, 5.74) is 2.00. The summed E-state index contributed by atoms with van der Waals surface area (Å²) in [6, 6.07) is 16.6. The van der Waals surface area contributed by atoms with Crippen LogP contribution in [0.2, 0.25) is 0 Å². The summed E-state index contributed by atoms with van der Waals surface area (Å²) in [6.45, 7) is 2.24. The van der Waals surface area contributed by atoms with E-state index in [1.54, 1.807) is 12.1 Å². The molecule has 0 bridgehead atoms. The number of sulfone groups is 1. The van der Waals surface area contributed by atoms with E-state index in [9.17, 15) is 8.42 Å². The number of rotatable bonds is 6. The monoisotopic (exact) mass is 374 g/mol. The van der Waals surface area contributed by atoms with E-state index >= 15 is 0 Å². The van der Waals surface area contributed by atoms with Crippen molar-refractivity contribution in [2.75, 3.05) is 7.11 Å². The molecule has 6 heteroatoms. The molecule has 1 aliphatic carbocycles. The van der Waals surface area contributed by atoms with Gasteiger partial charge in [-0.15, -0.1) is 0 Å². The van der Waals surface area contributed by atoms with Crippen LogP contribution in [0.15, 0.2) is 59.5 Å². The fourth-order valence-corrected chi connectivity index (χ4v) is 5.88. The average molecular weight is 374 g/mol. The van der Waals surface area contributed by atoms with Gasteiger partial charge >= 0.3 is 0 Å². The van der Waals surface area contributed by atoms with E-state index in [2.05, 4.69) is 0 Å². The first-order chi connectivity index (χ1) is 12.5. The van der Waals surface area contributed by atoms with E-state index < -0.39 is 27.0 Å².